The van der Waals surface area contributed by atoms with Gasteiger partial charge in [-0.05, 0) is 36.8 Å². The largest absolute Gasteiger partial charge is 0.433 e. The first-order valence-corrected chi connectivity index (χ1v) is 9.51. The van der Waals surface area contributed by atoms with Gasteiger partial charge in [-0.3, -0.25) is 0 Å². The van der Waals surface area contributed by atoms with Crippen LogP contribution in [0.15, 0.2) is 29.4 Å². The molecule has 0 unspecified atom stereocenters. The summed E-state index contributed by atoms with van der Waals surface area (Å²) in [5.74, 6) is -1.95. The number of fused-ring (bicyclic) bond motifs is 1. The summed E-state index contributed by atoms with van der Waals surface area (Å²) in [5, 5.41) is 2.53. The Bertz CT molecular complexity index is 967. The molecule has 0 saturated carbocycles. The molecule has 0 radical (unpaired) electrons. The molecular formula is C18H14F7N3S. The van der Waals surface area contributed by atoms with Crippen LogP contribution in [-0.2, 0) is 12.4 Å². The molecule has 0 fully saturated rings. The number of hydrogen-bond acceptors (Lipinski definition) is 4. The van der Waals surface area contributed by atoms with Crippen LogP contribution in [0, 0.1) is 5.82 Å². The second-order valence-corrected chi connectivity index (χ2v) is 7.16. The molecule has 1 N–H and O–H groups in total. The summed E-state index contributed by atoms with van der Waals surface area (Å²) in [7, 11) is 0. The molecule has 2 heterocycles. The molecule has 1 aliphatic heterocycles. The highest BCUT2D eigenvalue weighted by molar-refractivity contribution is 7.98. The smallest absolute Gasteiger partial charge is 0.340 e. The average Bonchev–Trinajstić information content (AvgIpc) is 2.78. The zero-order valence-electron chi connectivity index (χ0n) is 15.0. The van der Waals surface area contributed by atoms with E-state index in [1.807, 2.05) is 0 Å². The Balaban J connectivity index is 2.10. The van der Waals surface area contributed by atoms with Crippen LogP contribution in [0.2, 0.25) is 0 Å². The molecule has 29 heavy (non-hydrogen) atoms. The molecule has 0 saturated heterocycles. The normalized spacial score (nSPS) is 17.3. The Labute approximate surface area is 165 Å². The van der Waals surface area contributed by atoms with E-state index in [1.165, 1.54) is 12.3 Å². The quantitative estimate of drug-likeness (QED) is 0.338. The van der Waals surface area contributed by atoms with Crippen LogP contribution < -0.4 is 5.32 Å². The van der Waals surface area contributed by atoms with Crippen LogP contribution in [0.5, 0.6) is 0 Å². The van der Waals surface area contributed by atoms with Gasteiger partial charge in [-0.15, -0.1) is 0 Å². The monoisotopic (exact) mass is 437 g/mol. The number of nitrogens with one attached hydrogen (secondary N) is 1. The number of halogens is 7. The minimum Gasteiger partial charge on any atom is -0.340 e. The molecule has 156 valence electrons. The average molecular weight is 437 g/mol. The second-order valence-electron chi connectivity index (χ2n) is 6.39. The molecular weight excluding hydrogens is 423 g/mol. The van der Waals surface area contributed by atoms with E-state index < -0.39 is 35.3 Å². The lowest BCUT2D eigenvalue weighted by Crippen LogP contribution is -2.17. The number of aromatic nitrogens is 2. The van der Waals surface area contributed by atoms with Crippen LogP contribution >= 0.6 is 11.8 Å². The first kappa shape index (κ1) is 21.4. The summed E-state index contributed by atoms with van der Waals surface area (Å²) >= 11 is 0.904. The fraction of sp³-hybridized carbons (Fsp3) is 0.333. The topological polar surface area (TPSA) is 37.8 Å². The van der Waals surface area contributed by atoms with Crippen molar-refractivity contribution in [3.63, 3.8) is 0 Å². The van der Waals surface area contributed by atoms with E-state index in [0.29, 0.717) is 12.1 Å². The lowest BCUT2D eigenvalue weighted by atomic mass is 9.96. The van der Waals surface area contributed by atoms with Gasteiger partial charge in [-0.25, -0.2) is 14.4 Å². The molecule has 11 heteroatoms. The Hall–Kier alpha value is -2.30. The highest BCUT2D eigenvalue weighted by Crippen LogP contribution is 2.42. The van der Waals surface area contributed by atoms with Gasteiger partial charge >= 0.3 is 12.4 Å². The number of allylic oxidation sites excluding steroid dienone is 1. The van der Waals surface area contributed by atoms with Crippen molar-refractivity contribution in [2.45, 2.75) is 36.8 Å². The number of thioether (sulfide) groups is 1. The fourth-order valence-electron chi connectivity index (χ4n) is 3.00. The van der Waals surface area contributed by atoms with E-state index in [4.69, 9.17) is 0 Å². The molecule has 1 atom stereocenters. The van der Waals surface area contributed by atoms with Crippen molar-refractivity contribution in [2.75, 3.05) is 11.6 Å². The number of benzene rings is 1. The lowest BCUT2D eigenvalue weighted by molar-refractivity contribution is -0.142. The predicted molar refractivity (Wildman–Crippen MR) is 94.8 cm³/mol. The molecule has 1 aromatic heterocycles. The summed E-state index contributed by atoms with van der Waals surface area (Å²) in [6.07, 6.45) is -6.41. The van der Waals surface area contributed by atoms with Crippen molar-refractivity contribution >= 4 is 23.3 Å². The van der Waals surface area contributed by atoms with E-state index >= 15 is 0 Å². The van der Waals surface area contributed by atoms with E-state index in [9.17, 15) is 30.7 Å². The SMILES string of the molecule is CSc1nc2c(c(C(F)(F)F)n1)[C@H](C)CC=C(c1ccc(C(F)(F)F)cc1F)N2. The second kappa shape index (κ2) is 7.51. The van der Waals surface area contributed by atoms with Crippen molar-refractivity contribution in [3.05, 3.63) is 52.5 Å². The number of nitrogens with zero attached hydrogens (tertiary/aromatic N) is 2. The Morgan fingerprint density at radius 1 is 1.07 bits per heavy atom. The van der Waals surface area contributed by atoms with Crippen LogP contribution in [0.3, 0.4) is 0 Å². The van der Waals surface area contributed by atoms with Crippen LogP contribution in [0.1, 0.15) is 41.6 Å². The number of rotatable bonds is 2. The van der Waals surface area contributed by atoms with Gasteiger partial charge in [0.05, 0.1) is 5.56 Å². The third kappa shape index (κ3) is 4.34. The van der Waals surface area contributed by atoms with Crippen molar-refractivity contribution in [1.82, 2.24) is 9.97 Å². The molecule has 0 spiro atoms. The van der Waals surface area contributed by atoms with Crippen molar-refractivity contribution in [1.29, 1.82) is 0 Å². The van der Waals surface area contributed by atoms with Crippen molar-refractivity contribution < 1.29 is 30.7 Å². The molecule has 0 amide bonds. The summed E-state index contributed by atoms with van der Waals surface area (Å²) in [6.45, 7) is 1.54. The van der Waals surface area contributed by atoms with Gasteiger partial charge in [0.2, 0.25) is 0 Å². The first-order chi connectivity index (χ1) is 13.4. The van der Waals surface area contributed by atoms with Gasteiger partial charge < -0.3 is 5.32 Å². The van der Waals surface area contributed by atoms with E-state index in [-0.39, 0.29) is 34.2 Å². The lowest BCUT2D eigenvalue weighted by Gasteiger charge is -2.19. The van der Waals surface area contributed by atoms with Crippen LogP contribution in [0.4, 0.5) is 36.6 Å². The minimum atomic E-state index is -4.72. The van der Waals surface area contributed by atoms with Gasteiger partial charge in [-0.1, -0.05) is 24.8 Å². The summed E-state index contributed by atoms with van der Waals surface area (Å²) in [5.41, 5.74) is -2.58. The van der Waals surface area contributed by atoms with Gasteiger partial charge in [0.25, 0.3) is 0 Å². The molecule has 3 rings (SSSR count). The van der Waals surface area contributed by atoms with E-state index in [0.717, 1.165) is 17.8 Å². The highest BCUT2D eigenvalue weighted by Gasteiger charge is 2.40. The maximum Gasteiger partial charge on any atom is 0.433 e. The molecule has 0 bridgehead atoms. The standard InChI is InChI=1S/C18H14F7N3S/c1-8-3-6-12(10-5-4-9(7-11(10)19)17(20,21)22)26-15-13(8)14(18(23,24)25)27-16(28-15)29-2/h4-8H,3H2,1-2H3,(H,26,27,28)/t8-/m1/s1. The van der Waals surface area contributed by atoms with Crippen LogP contribution in [0.25, 0.3) is 5.70 Å². The maximum atomic E-state index is 14.4. The highest BCUT2D eigenvalue weighted by atomic mass is 32.2. The molecule has 1 aromatic carbocycles. The third-order valence-corrected chi connectivity index (χ3v) is 4.93. The Morgan fingerprint density at radius 2 is 1.76 bits per heavy atom. The minimum absolute atomic E-state index is 0.0423. The molecule has 2 aromatic rings. The Morgan fingerprint density at radius 3 is 2.31 bits per heavy atom. The summed E-state index contributed by atoms with van der Waals surface area (Å²) < 4.78 is 93.3. The summed E-state index contributed by atoms with van der Waals surface area (Å²) in [4.78, 5) is 7.66. The molecule has 1 aliphatic rings. The van der Waals surface area contributed by atoms with Gasteiger partial charge in [0, 0.05) is 16.8 Å². The number of alkyl halides is 6. The fourth-order valence-corrected chi connectivity index (χ4v) is 3.36. The van der Waals surface area contributed by atoms with E-state index in [2.05, 4.69) is 15.3 Å². The third-order valence-electron chi connectivity index (χ3n) is 4.38. The summed E-state index contributed by atoms with van der Waals surface area (Å²) in [6, 6.07) is 2.00. The van der Waals surface area contributed by atoms with Crippen molar-refractivity contribution in [3.8, 4) is 0 Å². The predicted octanol–water partition coefficient (Wildman–Crippen LogP) is 6.34. The number of hydrogen-bond donors (Lipinski definition) is 1. The van der Waals surface area contributed by atoms with E-state index in [1.54, 1.807) is 6.92 Å². The number of anilines is 1. The van der Waals surface area contributed by atoms with Crippen LogP contribution in [-0.4, -0.2) is 16.2 Å². The molecule has 0 aliphatic carbocycles. The first-order valence-electron chi connectivity index (χ1n) is 8.29. The Kier molecular flexibility index (Phi) is 5.54. The zero-order valence-corrected chi connectivity index (χ0v) is 15.9. The maximum absolute atomic E-state index is 14.4. The van der Waals surface area contributed by atoms with Gasteiger partial charge in [-0.2, -0.15) is 26.3 Å². The van der Waals surface area contributed by atoms with Crippen molar-refractivity contribution in [2.24, 2.45) is 0 Å². The molecule has 3 nitrogen and oxygen atoms in total. The van der Waals surface area contributed by atoms with Gasteiger partial charge in [0.15, 0.2) is 10.9 Å². The zero-order chi connectivity index (χ0) is 21.6. The van der Waals surface area contributed by atoms with Gasteiger partial charge in [0.1, 0.15) is 11.6 Å².